The lowest BCUT2D eigenvalue weighted by atomic mass is 10.2. The lowest BCUT2D eigenvalue weighted by molar-refractivity contribution is -0.137. The van der Waals surface area contributed by atoms with Crippen LogP contribution in [0.4, 0.5) is 5.69 Å². The van der Waals surface area contributed by atoms with Crippen molar-refractivity contribution in [1.29, 1.82) is 0 Å². The number of para-hydroxylation sites is 1. The van der Waals surface area contributed by atoms with Gasteiger partial charge in [0.25, 0.3) is 0 Å². The summed E-state index contributed by atoms with van der Waals surface area (Å²) >= 11 is 0. The molecule has 1 heterocycles. The number of benzene rings is 2. The highest BCUT2D eigenvalue weighted by atomic mass is 16.5. The number of carbonyl (C=O) groups excluding carboxylic acids is 2. The Morgan fingerprint density at radius 1 is 1.07 bits per heavy atom. The molecular formula is C22H27N3O4. The summed E-state index contributed by atoms with van der Waals surface area (Å²) in [6, 6.07) is 16.3. The van der Waals surface area contributed by atoms with Crippen molar-refractivity contribution in [3.63, 3.8) is 0 Å². The summed E-state index contributed by atoms with van der Waals surface area (Å²) in [6.07, 6.45) is 0. The first kappa shape index (κ1) is 20.8. The highest BCUT2D eigenvalue weighted by Gasteiger charge is 2.23. The molecule has 2 aromatic rings. The zero-order chi connectivity index (χ0) is 20.6. The second kappa shape index (κ2) is 10.0. The fourth-order valence-electron chi connectivity index (χ4n) is 2.94. The van der Waals surface area contributed by atoms with E-state index >= 15 is 0 Å². The summed E-state index contributed by atoms with van der Waals surface area (Å²) in [5, 5.41) is 2.89. The molecule has 0 radical (unpaired) electrons. The number of rotatable bonds is 7. The summed E-state index contributed by atoms with van der Waals surface area (Å²) in [4.78, 5) is 28.4. The molecule has 7 nitrogen and oxygen atoms in total. The molecule has 1 aliphatic rings. The zero-order valence-corrected chi connectivity index (χ0v) is 16.8. The van der Waals surface area contributed by atoms with Crippen LogP contribution in [0, 0.1) is 0 Å². The molecule has 2 amide bonds. The predicted octanol–water partition coefficient (Wildman–Crippen LogP) is 2.60. The third kappa shape index (κ3) is 6.04. The van der Waals surface area contributed by atoms with E-state index in [1.807, 2.05) is 30.3 Å². The van der Waals surface area contributed by atoms with Gasteiger partial charge in [0.1, 0.15) is 11.5 Å². The van der Waals surface area contributed by atoms with Gasteiger partial charge in [-0.05, 0) is 50.4 Å². The number of morpholine rings is 1. The van der Waals surface area contributed by atoms with Gasteiger partial charge >= 0.3 is 0 Å². The predicted molar refractivity (Wildman–Crippen MR) is 111 cm³/mol. The third-order valence-corrected chi connectivity index (χ3v) is 4.89. The molecule has 1 aliphatic heterocycles. The van der Waals surface area contributed by atoms with Crippen LogP contribution in [-0.2, 0) is 14.3 Å². The van der Waals surface area contributed by atoms with Crippen molar-refractivity contribution in [3.05, 3.63) is 54.6 Å². The van der Waals surface area contributed by atoms with E-state index < -0.39 is 6.04 Å². The van der Waals surface area contributed by atoms with Gasteiger partial charge in [0.15, 0.2) is 0 Å². The Morgan fingerprint density at radius 2 is 1.69 bits per heavy atom. The van der Waals surface area contributed by atoms with E-state index in [2.05, 4.69) is 5.32 Å². The Hall–Kier alpha value is -2.90. The number of anilines is 1. The molecule has 1 fully saturated rings. The largest absolute Gasteiger partial charge is 0.457 e. The number of nitrogens with one attached hydrogen (secondary N) is 1. The first-order valence-electron chi connectivity index (χ1n) is 9.72. The normalized spacial score (nSPS) is 15.1. The van der Waals surface area contributed by atoms with Crippen LogP contribution < -0.4 is 10.1 Å². The average Bonchev–Trinajstić information content (AvgIpc) is 2.75. The van der Waals surface area contributed by atoms with Crippen LogP contribution in [0.15, 0.2) is 54.6 Å². The van der Waals surface area contributed by atoms with Crippen LogP contribution in [0.5, 0.6) is 11.5 Å². The molecule has 0 saturated carbocycles. The van der Waals surface area contributed by atoms with Crippen LogP contribution in [0.25, 0.3) is 0 Å². The summed E-state index contributed by atoms with van der Waals surface area (Å²) in [7, 11) is 1.78. The summed E-state index contributed by atoms with van der Waals surface area (Å²) in [6.45, 7) is 4.31. The van der Waals surface area contributed by atoms with Crippen LogP contribution in [0.1, 0.15) is 6.92 Å². The van der Waals surface area contributed by atoms with Crippen molar-refractivity contribution in [2.24, 2.45) is 0 Å². The van der Waals surface area contributed by atoms with Crippen molar-refractivity contribution < 1.29 is 19.1 Å². The molecule has 0 aromatic heterocycles. The fourth-order valence-corrected chi connectivity index (χ4v) is 2.94. The van der Waals surface area contributed by atoms with Gasteiger partial charge in [-0.25, -0.2) is 0 Å². The van der Waals surface area contributed by atoms with E-state index in [-0.39, 0.29) is 18.4 Å². The monoisotopic (exact) mass is 397 g/mol. The third-order valence-electron chi connectivity index (χ3n) is 4.89. The standard InChI is InChI=1S/C22H27N3O4/c1-17(24(2)16-21(26)25-12-14-28-15-13-25)22(27)23-18-8-10-20(11-9-18)29-19-6-4-3-5-7-19/h3-11,17H,12-16H2,1-2H3,(H,23,27)/t17-/m1/s1. The minimum absolute atomic E-state index is 0.0119. The van der Waals surface area contributed by atoms with Crippen molar-refractivity contribution in [2.75, 3.05) is 45.2 Å². The first-order chi connectivity index (χ1) is 14.0. The van der Waals surface area contributed by atoms with Crippen LogP contribution >= 0.6 is 0 Å². The van der Waals surface area contributed by atoms with Crippen molar-refractivity contribution in [1.82, 2.24) is 9.80 Å². The molecule has 7 heteroatoms. The number of likely N-dealkylation sites (N-methyl/N-ethyl adjacent to an activating group) is 1. The van der Waals surface area contributed by atoms with E-state index in [1.54, 1.807) is 48.0 Å². The number of hydrogen-bond donors (Lipinski definition) is 1. The van der Waals surface area contributed by atoms with Gasteiger partial charge < -0.3 is 19.7 Å². The van der Waals surface area contributed by atoms with Crippen LogP contribution in [0.3, 0.4) is 0 Å². The number of ether oxygens (including phenoxy) is 2. The maximum absolute atomic E-state index is 12.6. The maximum atomic E-state index is 12.6. The van der Waals surface area contributed by atoms with E-state index in [4.69, 9.17) is 9.47 Å². The molecule has 1 N–H and O–H groups in total. The maximum Gasteiger partial charge on any atom is 0.241 e. The Kier molecular flexibility index (Phi) is 7.21. The number of hydrogen-bond acceptors (Lipinski definition) is 5. The minimum atomic E-state index is -0.444. The summed E-state index contributed by atoms with van der Waals surface area (Å²) < 4.78 is 11.0. The Morgan fingerprint density at radius 3 is 2.34 bits per heavy atom. The molecule has 1 saturated heterocycles. The van der Waals surface area contributed by atoms with Gasteiger partial charge in [-0.3, -0.25) is 14.5 Å². The molecule has 3 rings (SSSR count). The molecule has 2 aromatic carbocycles. The van der Waals surface area contributed by atoms with Gasteiger partial charge in [-0.1, -0.05) is 18.2 Å². The molecule has 1 atom stereocenters. The van der Waals surface area contributed by atoms with Crippen molar-refractivity contribution >= 4 is 17.5 Å². The quantitative estimate of drug-likeness (QED) is 0.778. The average molecular weight is 397 g/mol. The van der Waals surface area contributed by atoms with Gasteiger partial charge in [0, 0.05) is 18.8 Å². The molecule has 0 spiro atoms. The summed E-state index contributed by atoms with van der Waals surface area (Å²) in [5.41, 5.74) is 0.676. The molecule has 0 aliphatic carbocycles. The molecule has 29 heavy (non-hydrogen) atoms. The van der Waals surface area contributed by atoms with Crippen LogP contribution in [-0.4, -0.2) is 67.6 Å². The second-order valence-corrected chi connectivity index (χ2v) is 7.01. The van der Waals surface area contributed by atoms with Crippen molar-refractivity contribution in [3.8, 4) is 11.5 Å². The molecule has 154 valence electrons. The van der Waals surface area contributed by atoms with E-state index in [0.717, 1.165) is 5.75 Å². The van der Waals surface area contributed by atoms with Gasteiger partial charge in [-0.2, -0.15) is 0 Å². The molecule has 0 unspecified atom stereocenters. The Bertz CT molecular complexity index is 805. The Balaban J connectivity index is 1.50. The van der Waals surface area contributed by atoms with E-state index in [1.165, 1.54) is 0 Å². The highest BCUT2D eigenvalue weighted by Crippen LogP contribution is 2.22. The second-order valence-electron chi connectivity index (χ2n) is 7.01. The smallest absolute Gasteiger partial charge is 0.241 e. The van der Waals surface area contributed by atoms with E-state index in [0.29, 0.717) is 37.7 Å². The topological polar surface area (TPSA) is 71.1 Å². The number of carbonyl (C=O) groups is 2. The lowest BCUT2D eigenvalue weighted by Gasteiger charge is -2.30. The van der Waals surface area contributed by atoms with Crippen molar-refractivity contribution in [2.45, 2.75) is 13.0 Å². The van der Waals surface area contributed by atoms with Gasteiger partial charge in [-0.15, -0.1) is 0 Å². The van der Waals surface area contributed by atoms with Gasteiger partial charge in [0.05, 0.1) is 25.8 Å². The number of amides is 2. The fraction of sp³-hybridized carbons (Fsp3) is 0.364. The first-order valence-corrected chi connectivity index (χ1v) is 9.72. The van der Waals surface area contributed by atoms with Crippen LogP contribution in [0.2, 0.25) is 0 Å². The lowest BCUT2D eigenvalue weighted by Crippen LogP contribution is -2.48. The molecule has 0 bridgehead atoms. The van der Waals surface area contributed by atoms with E-state index in [9.17, 15) is 9.59 Å². The minimum Gasteiger partial charge on any atom is -0.457 e. The Labute approximate surface area is 171 Å². The SMILES string of the molecule is C[C@H](C(=O)Nc1ccc(Oc2ccccc2)cc1)N(C)CC(=O)N1CCOCC1. The van der Waals surface area contributed by atoms with Gasteiger partial charge in [0.2, 0.25) is 11.8 Å². The summed E-state index contributed by atoms with van der Waals surface area (Å²) in [5.74, 6) is 1.29. The molecular weight excluding hydrogens is 370 g/mol. The number of nitrogens with zero attached hydrogens (tertiary/aromatic N) is 2. The zero-order valence-electron chi connectivity index (χ0n) is 16.8. The highest BCUT2D eigenvalue weighted by molar-refractivity contribution is 5.95.